The summed E-state index contributed by atoms with van der Waals surface area (Å²) in [5.74, 6) is -0.129. The number of amides is 1. The highest BCUT2D eigenvalue weighted by atomic mass is 32.2. The lowest BCUT2D eigenvalue weighted by Gasteiger charge is -2.35. The largest absolute Gasteiger partial charge is 0.452 e. The highest BCUT2D eigenvalue weighted by molar-refractivity contribution is 7.89. The average Bonchev–Trinajstić information content (AvgIpc) is 2.76. The molecule has 0 bridgehead atoms. The van der Waals surface area contributed by atoms with Gasteiger partial charge in [0.1, 0.15) is 0 Å². The van der Waals surface area contributed by atoms with Crippen molar-refractivity contribution < 1.29 is 22.7 Å². The van der Waals surface area contributed by atoms with Gasteiger partial charge < -0.3 is 10.1 Å². The number of nitrogens with one attached hydrogen (secondary N) is 1. The van der Waals surface area contributed by atoms with E-state index in [2.05, 4.69) is 19.2 Å². The third-order valence-corrected chi connectivity index (χ3v) is 9.49. The third kappa shape index (κ3) is 5.96. The van der Waals surface area contributed by atoms with Gasteiger partial charge in [0.15, 0.2) is 6.10 Å². The quantitative estimate of drug-likeness (QED) is 0.631. The molecule has 184 valence electrons. The van der Waals surface area contributed by atoms with E-state index in [4.69, 9.17) is 4.74 Å². The van der Waals surface area contributed by atoms with E-state index in [1.807, 2.05) is 13.0 Å². The van der Waals surface area contributed by atoms with E-state index >= 15 is 0 Å². The molecule has 1 aromatic rings. The van der Waals surface area contributed by atoms with Crippen LogP contribution < -0.4 is 5.32 Å². The van der Waals surface area contributed by atoms with Crippen LogP contribution in [-0.4, -0.2) is 49.8 Å². The summed E-state index contributed by atoms with van der Waals surface area (Å²) >= 11 is 0. The molecule has 1 amide bonds. The lowest BCUT2D eigenvalue weighted by molar-refractivity contribution is -0.160. The highest BCUT2D eigenvalue weighted by Crippen LogP contribution is 2.30. The number of carbonyl (C=O) groups excluding carboxylic acids is 2. The number of nitrogens with zero attached hydrogens (tertiary/aromatic N) is 1. The Morgan fingerprint density at radius 1 is 1.09 bits per heavy atom. The van der Waals surface area contributed by atoms with Gasteiger partial charge in [-0.05, 0) is 63.5 Å². The Balaban J connectivity index is 1.52. The second kappa shape index (κ2) is 10.6. The molecule has 1 aromatic carbocycles. The van der Waals surface area contributed by atoms with E-state index in [0.29, 0.717) is 29.6 Å². The molecule has 7 nitrogen and oxygen atoms in total. The van der Waals surface area contributed by atoms with Gasteiger partial charge in [0.25, 0.3) is 5.91 Å². The molecule has 1 saturated heterocycles. The van der Waals surface area contributed by atoms with E-state index < -0.39 is 28.0 Å². The molecule has 4 atom stereocenters. The first kappa shape index (κ1) is 25.7. The minimum Gasteiger partial charge on any atom is -0.452 e. The number of hydrogen-bond acceptors (Lipinski definition) is 5. The topological polar surface area (TPSA) is 92.8 Å². The van der Waals surface area contributed by atoms with Crippen LogP contribution in [0, 0.1) is 31.6 Å². The fourth-order valence-electron chi connectivity index (χ4n) is 4.97. The molecular weight excluding hydrogens is 440 g/mol. The molecule has 2 aliphatic rings. The SMILES string of the molecule is Cc1ccc(S(=O)(=O)N2CCC(C(=O)O[C@H](C)C(=O)N[C@@H]3CCC[C@@H](C)[C@H]3C)CC2)c(C)c1. The maximum Gasteiger partial charge on any atom is 0.309 e. The Kier molecular flexibility index (Phi) is 8.22. The lowest BCUT2D eigenvalue weighted by atomic mass is 9.78. The predicted molar refractivity (Wildman–Crippen MR) is 127 cm³/mol. The molecule has 0 unspecified atom stereocenters. The van der Waals surface area contributed by atoms with Crippen LogP contribution in [0.3, 0.4) is 0 Å². The van der Waals surface area contributed by atoms with Crippen LogP contribution in [-0.2, 0) is 24.3 Å². The van der Waals surface area contributed by atoms with Gasteiger partial charge in [-0.1, -0.05) is 44.4 Å². The summed E-state index contributed by atoms with van der Waals surface area (Å²) in [5, 5.41) is 3.06. The number of ether oxygens (including phenoxy) is 1. The number of aryl methyl sites for hydroxylation is 2. The summed E-state index contributed by atoms with van der Waals surface area (Å²) in [6, 6.07) is 5.42. The summed E-state index contributed by atoms with van der Waals surface area (Å²) in [6.07, 6.45) is 3.12. The summed E-state index contributed by atoms with van der Waals surface area (Å²) in [7, 11) is -3.60. The van der Waals surface area contributed by atoms with Gasteiger partial charge in [-0.25, -0.2) is 8.42 Å². The third-order valence-electron chi connectivity index (χ3n) is 7.43. The second-order valence-corrected chi connectivity index (χ2v) is 11.8. The monoisotopic (exact) mass is 478 g/mol. The van der Waals surface area contributed by atoms with Crippen molar-refractivity contribution >= 4 is 21.9 Å². The van der Waals surface area contributed by atoms with Crippen molar-refractivity contribution in [3.05, 3.63) is 29.3 Å². The number of hydrogen-bond donors (Lipinski definition) is 1. The number of sulfonamides is 1. The molecule has 33 heavy (non-hydrogen) atoms. The first-order valence-corrected chi connectivity index (χ1v) is 13.5. The van der Waals surface area contributed by atoms with Crippen LogP contribution >= 0.6 is 0 Å². The first-order valence-electron chi connectivity index (χ1n) is 12.1. The number of esters is 1. The summed E-state index contributed by atoms with van der Waals surface area (Å²) < 4.78 is 33.0. The summed E-state index contributed by atoms with van der Waals surface area (Å²) in [4.78, 5) is 25.6. The van der Waals surface area contributed by atoms with Crippen molar-refractivity contribution in [2.75, 3.05) is 13.1 Å². The Morgan fingerprint density at radius 3 is 2.39 bits per heavy atom. The van der Waals surface area contributed by atoms with Crippen LogP contribution in [0.5, 0.6) is 0 Å². The molecule has 0 aromatic heterocycles. The molecule has 8 heteroatoms. The Hall–Kier alpha value is -1.93. The van der Waals surface area contributed by atoms with Gasteiger partial charge >= 0.3 is 5.97 Å². The molecule has 1 saturated carbocycles. The van der Waals surface area contributed by atoms with Crippen molar-refractivity contribution in [2.24, 2.45) is 17.8 Å². The van der Waals surface area contributed by atoms with Gasteiger partial charge in [-0.3, -0.25) is 9.59 Å². The average molecular weight is 479 g/mol. The Bertz CT molecular complexity index is 969. The summed E-state index contributed by atoms with van der Waals surface area (Å²) in [6.45, 7) is 10.2. The van der Waals surface area contributed by atoms with Crippen molar-refractivity contribution in [1.82, 2.24) is 9.62 Å². The van der Waals surface area contributed by atoms with Crippen LogP contribution in [0.15, 0.2) is 23.1 Å². The van der Waals surface area contributed by atoms with E-state index in [1.54, 1.807) is 26.0 Å². The zero-order valence-corrected chi connectivity index (χ0v) is 21.3. The van der Waals surface area contributed by atoms with Gasteiger partial charge in [0.2, 0.25) is 10.0 Å². The fourth-order valence-corrected chi connectivity index (χ4v) is 6.64. The predicted octanol–water partition coefficient (Wildman–Crippen LogP) is 3.58. The molecule has 3 rings (SSSR count). The number of benzene rings is 1. The number of rotatable bonds is 6. The van der Waals surface area contributed by atoms with E-state index in [0.717, 1.165) is 24.0 Å². The maximum atomic E-state index is 13.1. The second-order valence-electron chi connectivity index (χ2n) is 9.91. The number of carbonyl (C=O) groups is 2. The van der Waals surface area contributed by atoms with Gasteiger partial charge in [-0.2, -0.15) is 4.31 Å². The zero-order valence-electron chi connectivity index (χ0n) is 20.5. The van der Waals surface area contributed by atoms with Crippen LogP contribution in [0.25, 0.3) is 0 Å². The normalized spacial score (nSPS) is 25.9. The lowest BCUT2D eigenvalue weighted by Crippen LogP contribution is -2.48. The van der Waals surface area contributed by atoms with E-state index in [-0.39, 0.29) is 25.0 Å². The molecule has 1 aliphatic carbocycles. The number of piperidine rings is 1. The molecule has 1 aliphatic heterocycles. The van der Waals surface area contributed by atoms with E-state index in [1.165, 1.54) is 10.7 Å². The van der Waals surface area contributed by atoms with E-state index in [9.17, 15) is 18.0 Å². The van der Waals surface area contributed by atoms with Crippen LogP contribution in [0.4, 0.5) is 0 Å². The molecule has 0 radical (unpaired) electrons. The minimum absolute atomic E-state index is 0.112. The molecule has 2 fully saturated rings. The van der Waals surface area contributed by atoms with Gasteiger partial charge in [-0.15, -0.1) is 0 Å². The Morgan fingerprint density at radius 2 is 1.76 bits per heavy atom. The van der Waals surface area contributed by atoms with Crippen molar-refractivity contribution in [3.8, 4) is 0 Å². The molecule has 0 spiro atoms. The molecular formula is C25H38N2O5S. The summed E-state index contributed by atoms with van der Waals surface area (Å²) in [5.41, 5.74) is 1.73. The standard InChI is InChI=1S/C25H38N2O5S/c1-16-9-10-23(18(3)15-16)33(30,31)27-13-11-21(12-14-27)25(29)32-20(5)24(28)26-22-8-6-7-17(2)19(22)4/h9-10,15,17,19-22H,6-8,11-14H2,1-5H3,(H,26,28)/t17-,19-,20-,22-/m1/s1. The van der Waals surface area contributed by atoms with Crippen LogP contribution in [0.1, 0.15) is 64.0 Å². The minimum atomic E-state index is -3.60. The van der Waals surface area contributed by atoms with Crippen molar-refractivity contribution in [1.29, 1.82) is 0 Å². The van der Waals surface area contributed by atoms with Crippen molar-refractivity contribution in [2.45, 2.75) is 83.8 Å². The van der Waals surface area contributed by atoms with Gasteiger partial charge in [0.05, 0.1) is 10.8 Å². The zero-order chi connectivity index (χ0) is 24.3. The first-order chi connectivity index (χ1) is 15.5. The smallest absolute Gasteiger partial charge is 0.309 e. The maximum absolute atomic E-state index is 13.1. The van der Waals surface area contributed by atoms with Crippen LogP contribution in [0.2, 0.25) is 0 Å². The molecule has 1 heterocycles. The Labute approximate surface area is 198 Å². The highest BCUT2D eigenvalue weighted by Gasteiger charge is 2.35. The van der Waals surface area contributed by atoms with Crippen molar-refractivity contribution in [3.63, 3.8) is 0 Å². The fraction of sp³-hybridized carbons (Fsp3) is 0.680. The van der Waals surface area contributed by atoms with Gasteiger partial charge in [0, 0.05) is 19.1 Å². The molecule has 1 N–H and O–H groups in total.